The van der Waals surface area contributed by atoms with Crippen LogP contribution < -0.4 is 4.43 Å². The molecule has 0 heterocycles. The van der Waals surface area contributed by atoms with Gasteiger partial charge in [-0.2, -0.15) is 0 Å². The Bertz CT molecular complexity index is 416. The minimum absolute atomic E-state index is 0.830. The van der Waals surface area contributed by atoms with E-state index in [0.717, 1.165) is 18.8 Å². The van der Waals surface area contributed by atoms with Crippen LogP contribution in [0.4, 0.5) is 0 Å². The van der Waals surface area contributed by atoms with Crippen LogP contribution in [0.25, 0.3) is 0 Å². The smallest absolute Gasteiger partial charge is 0.392 e. The molecule has 0 amide bonds. The molecule has 0 saturated carbocycles. The van der Waals surface area contributed by atoms with E-state index in [2.05, 4.69) is 46.0 Å². The molecule has 0 spiro atoms. The second-order valence-electron chi connectivity index (χ2n) is 6.32. The fourth-order valence-electron chi connectivity index (χ4n) is 2.33. The predicted molar refractivity (Wildman–Crippen MR) is 93.4 cm³/mol. The lowest BCUT2D eigenvalue weighted by Crippen LogP contribution is -2.39. The van der Waals surface area contributed by atoms with Gasteiger partial charge in [-0.25, -0.2) is 0 Å². The summed E-state index contributed by atoms with van der Waals surface area (Å²) < 4.78 is 12.2. The molecular weight excluding hydrogens is 276 g/mol. The van der Waals surface area contributed by atoms with Gasteiger partial charge in [-0.15, -0.1) is 0 Å². The van der Waals surface area contributed by atoms with Crippen LogP contribution in [0.1, 0.15) is 56.6 Å². The summed E-state index contributed by atoms with van der Waals surface area (Å²) in [6, 6.07) is 6.22. The zero-order valence-electron chi connectivity index (χ0n) is 14.5. The molecule has 1 aromatic rings. The summed E-state index contributed by atoms with van der Waals surface area (Å²) in [7, 11) is -2.07. The summed E-state index contributed by atoms with van der Waals surface area (Å²) in [6.45, 7) is 11.6. The Morgan fingerprint density at radius 2 is 1.62 bits per heavy atom. The highest BCUT2D eigenvalue weighted by Gasteiger charge is 2.27. The standard InChI is InChI=1S/C18H32O2Si/c1-6-7-8-9-10-11-15-19-21(4,5)20-18-14-12-13-16(2)17(18)3/h12-14H,6-11,15H2,1-5H3. The number of aryl methyl sites for hydroxylation is 1. The molecule has 0 aromatic heterocycles. The Morgan fingerprint density at radius 1 is 0.952 bits per heavy atom. The number of rotatable bonds is 10. The largest absolute Gasteiger partial charge is 0.520 e. The minimum Gasteiger partial charge on any atom is -0.520 e. The monoisotopic (exact) mass is 308 g/mol. The first-order valence-electron chi connectivity index (χ1n) is 8.35. The van der Waals surface area contributed by atoms with Gasteiger partial charge in [0.2, 0.25) is 0 Å². The maximum atomic E-state index is 6.18. The van der Waals surface area contributed by atoms with Crippen molar-refractivity contribution in [2.45, 2.75) is 72.4 Å². The highest BCUT2D eigenvalue weighted by atomic mass is 28.4. The van der Waals surface area contributed by atoms with E-state index in [1.807, 2.05) is 6.07 Å². The van der Waals surface area contributed by atoms with Crippen LogP contribution in [0.15, 0.2) is 18.2 Å². The van der Waals surface area contributed by atoms with Crippen molar-refractivity contribution in [3.63, 3.8) is 0 Å². The van der Waals surface area contributed by atoms with Gasteiger partial charge in [0, 0.05) is 6.61 Å². The van der Waals surface area contributed by atoms with Crippen molar-refractivity contribution >= 4 is 8.56 Å². The SMILES string of the molecule is CCCCCCCCO[Si](C)(C)Oc1cccc(C)c1C. The Hall–Kier alpha value is -0.803. The molecule has 0 N–H and O–H groups in total. The maximum Gasteiger partial charge on any atom is 0.392 e. The van der Waals surface area contributed by atoms with Crippen molar-refractivity contribution in [2.24, 2.45) is 0 Å². The molecule has 0 fully saturated rings. The third-order valence-electron chi connectivity index (χ3n) is 3.86. The second kappa shape index (κ2) is 9.26. The summed E-state index contributed by atoms with van der Waals surface area (Å²) in [5.74, 6) is 0.981. The molecule has 0 radical (unpaired) electrons. The molecule has 0 aliphatic carbocycles. The molecule has 0 bridgehead atoms. The lowest BCUT2D eigenvalue weighted by molar-refractivity contribution is 0.240. The maximum absolute atomic E-state index is 6.18. The first-order valence-corrected chi connectivity index (χ1v) is 11.2. The molecule has 0 unspecified atom stereocenters. The average Bonchev–Trinajstić information content (AvgIpc) is 2.43. The van der Waals surface area contributed by atoms with E-state index < -0.39 is 8.56 Å². The van der Waals surface area contributed by atoms with Crippen LogP contribution in [0.3, 0.4) is 0 Å². The van der Waals surface area contributed by atoms with Gasteiger partial charge in [0.25, 0.3) is 0 Å². The normalized spacial score (nSPS) is 11.7. The minimum atomic E-state index is -2.07. The summed E-state index contributed by atoms with van der Waals surface area (Å²) in [4.78, 5) is 0. The molecule has 0 aliphatic rings. The molecule has 21 heavy (non-hydrogen) atoms. The molecule has 1 rings (SSSR count). The molecule has 2 nitrogen and oxygen atoms in total. The van der Waals surface area contributed by atoms with Crippen LogP contribution in [-0.2, 0) is 4.43 Å². The van der Waals surface area contributed by atoms with Crippen LogP contribution >= 0.6 is 0 Å². The second-order valence-corrected chi connectivity index (χ2v) is 9.61. The number of unbranched alkanes of at least 4 members (excludes halogenated alkanes) is 5. The topological polar surface area (TPSA) is 18.5 Å². The number of benzene rings is 1. The quantitative estimate of drug-likeness (QED) is 0.404. The fourth-order valence-corrected chi connectivity index (χ4v) is 3.77. The molecule has 3 heteroatoms. The lowest BCUT2D eigenvalue weighted by Gasteiger charge is -2.25. The van der Waals surface area contributed by atoms with Crippen molar-refractivity contribution in [1.29, 1.82) is 0 Å². The van der Waals surface area contributed by atoms with Gasteiger partial charge in [0.15, 0.2) is 0 Å². The van der Waals surface area contributed by atoms with Gasteiger partial charge >= 0.3 is 8.56 Å². The van der Waals surface area contributed by atoms with Crippen LogP contribution in [0, 0.1) is 13.8 Å². The first-order chi connectivity index (χ1) is 9.96. The highest BCUT2D eigenvalue weighted by molar-refractivity contribution is 6.65. The van der Waals surface area contributed by atoms with E-state index in [4.69, 9.17) is 8.85 Å². The zero-order chi connectivity index (χ0) is 15.7. The third-order valence-corrected chi connectivity index (χ3v) is 5.47. The van der Waals surface area contributed by atoms with Gasteiger partial charge in [-0.3, -0.25) is 0 Å². The Morgan fingerprint density at radius 3 is 2.33 bits per heavy atom. The van der Waals surface area contributed by atoms with E-state index in [-0.39, 0.29) is 0 Å². The summed E-state index contributed by atoms with van der Waals surface area (Å²) in [5.41, 5.74) is 2.49. The Kier molecular flexibility index (Phi) is 8.05. The van der Waals surface area contributed by atoms with Gasteiger partial charge in [-0.1, -0.05) is 51.2 Å². The van der Waals surface area contributed by atoms with Gasteiger partial charge < -0.3 is 8.85 Å². The molecule has 0 aliphatic heterocycles. The molecular formula is C18H32O2Si. The molecule has 0 atom stereocenters. The number of hydrogen-bond donors (Lipinski definition) is 0. The van der Waals surface area contributed by atoms with Gasteiger partial charge in [0.05, 0.1) is 0 Å². The van der Waals surface area contributed by atoms with Gasteiger partial charge in [0.1, 0.15) is 5.75 Å². The summed E-state index contributed by atoms with van der Waals surface area (Å²) >= 11 is 0. The average molecular weight is 309 g/mol. The first kappa shape index (κ1) is 18.2. The van der Waals surface area contributed by atoms with Gasteiger partial charge in [-0.05, 0) is 50.6 Å². The van der Waals surface area contributed by atoms with Crippen LogP contribution in [0.2, 0.25) is 13.1 Å². The summed E-state index contributed by atoms with van der Waals surface area (Å²) in [5, 5.41) is 0. The van der Waals surface area contributed by atoms with E-state index in [1.54, 1.807) is 0 Å². The highest BCUT2D eigenvalue weighted by Crippen LogP contribution is 2.24. The lowest BCUT2D eigenvalue weighted by atomic mass is 10.1. The zero-order valence-corrected chi connectivity index (χ0v) is 15.5. The van der Waals surface area contributed by atoms with E-state index >= 15 is 0 Å². The van der Waals surface area contributed by atoms with Crippen molar-refractivity contribution < 1.29 is 8.85 Å². The van der Waals surface area contributed by atoms with E-state index in [1.165, 1.54) is 43.2 Å². The van der Waals surface area contributed by atoms with Crippen LogP contribution in [-0.4, -0.2) is 15.2 Å². The molecule has 120 valence electrons. The Labute approximate surface area is 132 Å². The van der Waals surface area contributed by atoms with E-state index in [9.17, 15) is 0 Å². The van der Waals surface area contributed by atoms with Crippen molar-refractivity contribution in [2.75, 3.05) is 6.61 Å². The third kappa shape index (κ3) is 7.14. The van der Waals surface area contributed by atoms with E-state index in [0.29, 0.717) is 0 Å². The van der Waals surface area contributed by atoms with Crippen molar-refractivity contribution in [3.8, 4) is 5.75 Å². The summed E-state index contributed by atoms with van der Waals surface area (Å²) in [6.07, 6.45) is 7.77. The number of hydrogen-bond acceptors (Lipinski definition) is 2. The fraction of sp³-hybridized carbons (Fsp3) is 0.667. The molecule has 1 aromatic carbocycles. The van der Waals surface area contributed by atoms with Crippen molar-refractivity contribution in [3.05, 3.63) is 29.3 Å². The predicted octanol–water partition coefficient (Wildman–Crippen LogP) is 5.76. The van der Waals surface area contributed by atoms with Crippen molar-refractivity contribution in [1.82, 2.24) is 0 Å². The Balaban J connectivity index is 2.31. The van der Waals surface area contributed by atoms with Crippen LogP contribution in [0.5, 0.6) is 5.75 Å². The molecule has 0 saturated heterocycles.